The van der Waals surface area contributed by atoms with Gasteiger partial charge in [0.15, 0.2) is 5.78 Å². The third kappa shape index (κ3) is 3.18. The molecule has 0 saturated heterocycles. The van der Waals surface area contributed by atoms with Gasteiger partial charge in [-0.1, -0.05) is 12.1 Å². The smallest absolute Gasteiger partial charge is 0.227 e. The number of halogens is 1. The minimum atomic E-state index is -0.427. The number of thiazole rings is 1. The number of carbonyl (C=O) groups excluding carboxylic acids is 2. The van der Waals surface area contributed by atoms with Crippen molar-refractivity contribution in [3.8, 4) is 10.6 Å². The summed E-state index contributed by atoms with van der Waals surface area (Å²) in [7, 11) is 3.82. The van der Waals surface area contributed by atoms with Gasteiger partial charge in [-0.05, 0) is 26.2 Å². The zero-order valence-corrected chi connectivity index (χ0v) is 14.2. The fourth-order valence-corrected chi connectivity index (χ4v) is 3.40. The molecule has 0 fully saturated rings. The number of aliphatic imine (C=N–C) groups is 1. The van der Waals surface area contributed by atoms with Gasteiger partial charge in [0.1, 0.15) is 21.4 Å². The Morgan fingerprint density at radius 1 is 1.29 bits per heavy atom. The van der Waals surface area contributed by atoms with Crippen molar-refractivity contribution >= 4 is 28.6 Å². The Kier molecular flexibility index (Phi) is 4.64. The molecule has 7 heteroatoms. The summed E-state index contributed by atoms with van der Waals surface area (Å²) < 4.78 is 13.9. The fraction of sp³-hybridized carbons (Fsp3) is 0.294. The first-order valence-electron chi connectivity index (χ1n) is 7.49. The summed E-state index contributed by atoms with van der Waals surface area (Å²) in [5, 5.41) is 0.342. The van der Waals surface area contributed by atoms with E-state index in [0.717, 1.165) is 11.3 Å². The van der Waals surface area contributed by atoms with Crippen LogP contribution in [-0.2, 0) is 0 Å². The first kappa shape index (κ1) is 16.6. The number of carbonyl (C=O) groups is 2. The van der Waals surface area contributed by atoms with Crippen LogP contribution in [0.2, 0.25) is 0 Å². The average Bonchev–Trinajstić information content (AvgIpc) is 2.98. The van der Waals surface area contributed by atoms with Crippen LogP contribution < -0.4 is 0 Å². The van der Waals surface area contributed by atoms with Crippen LogP contribution in [0.25, 0.3) is 10.6 Å². The molecule has 1 aromatic heterocycles. The number of ketones is 2. The number of hydrogen-bond donors (Lipinski definition) is 0. The van der Waals surface area contributed by atoms with Crippen LogP contribution in [0.3, 0.4) is 0 Å². The van der Waals surface area contributed by atoms with E-state index < -0.39 is 5.82 Å². The molecule has 2 aromatic rings. The Hall–Kier alpha value is -2.25. The Balaban J connectivity index is 1.94. The van der Waals surface area contributed by atoms with Gasteiger partial charge in [-0.25, -0.2) is 9.37 Å². The molecule has 0 radical (unpaired) electrons. The average molecular weight is 345 g/mol. The van der Waals surface area contributed by atoms with E-state index in [1.807, 2.05) is 19.0 Å². The molecule has 5 nitrogen and oxygen atoms in total. The molecule has 0 aliphatic heterocycles. The van der Waals surface area contributed by atoms with E-state index in [1.165, 1.54) is 6.07 Å². The van der Waals surface area contributed by atoms with Gasteiger partial charge < -0.3 is 4.90 Å². The number of hydrogen-bond acceptors (Lipinski definition) is 6. The van der Waals surface area contributed by atoms with Crippen molar-refractivity contribution in [2.24, 2.45) is 4.99 Å². The van der Waals surface area contributed by atoms with Crippen LogP contribution in [0.1, 0.15) is 26.6 Å². The Morgan fingerprint density at radius 3 is 2.75 bits per heavy atom. The van der Waals surface area contributed by atoms with Gasteiger partial charge in [-0.15, -0.1) is 11.3 Å². The molecule has 1 aromatic carbocycles. The van der Waals surface area contributed by atoms with Crippen molar-refractivity contribution < 1.29 is 14.0 Å². The van der Waals surface area contributed by atoms with Crippen LogP contribution >= 0.6 is 11.3 Å². The number of Topliss-reactive ketones (excluding diaryl/α,β-unsaturated/α-hetero) is 2. The van der Waals surface area contributed by atoms with Gasteiger partial charge in [-0.2, -0.15) is 0 Å². The van der Waals surface area contributed by atoms with Crippen molar-refractivity contribution in [1.82, 2.24) is 9.88 Å². The second-order valence-corrected chi connectivity index (χ2v) is 6.74. The van der Waals surface area contributed by atoms with Crippen LogP contribution in [0.15, 0.2) is 29.3 Å². The number of nitrogens with zero attached hydrogens (tertiary/aromatic N) is 3. The van der Waals surface area contributed by atoms with Crippen molar-refractivity contribution in [2.45, 2.75) is 6.42 Å². The lowest BCUT2D eigenvalue weighted by Crippen LogP contribution is -2.27. The van der Waals surface area contributed by atoms with Crippen molar-refractivity contribution in [1.29, 1.82) is 0 Å². The Labute approximate surface area is 142 Å². The number of fused-ring (bicyclic) bond motifs is 1. The third-order valence-corrected chi connectivity index (χ3v) is 4.77. The van der Waals surface area contributed by atoms with E-state index in [1.54, 1.807) is 18.2 Å². The van der Waals surface area contributed by atoms with Gasteiger partial charge in [0.05, 0.1) is 18.7 Å². The molecule has 1 aliphatic carbocycles. The van der Waals surface area contributed by atoms with E-state index in [2.05, 4.69) is 9.98 Å². The van der Waals surface area contributed by atoms with Crippen LogP contribution in [0, 0.1) is 5.82 Å². The zero-order chi connectivity index (χ0) is 17.3. The van der Waals surface area contributed by atoms with Gasteiger partial charge in [0.2, 0.25) is 5.78 Å². The molecular weight excluding hydrogens is 329 g/mol. The lowest BCUT2D eigenvalue weighted by Gasteiger charge is -2.11. The number of benzene rings is 1. The topological polar surface area (TPSA) is 62.6 Å². The SMILES string of the molecule is CN(C)CCN=C1CC(=O)c2sc(-c3ccccc3F)nc2C1=O. The number of rotatable bonds is 4. The van der Waals surface area contributed by atoms with Crippen molar-refractivity contribution in [3.05, 3.63) is 40.7 Å². The van der Waals surface area contributed by atoms with Crippen molar-refractivity contribution in [3.63, 3.8) is 0 Å². The maximum absolute atomic E-state index is 13.9. The highest BCUT2D eigenvalue weighted by atomic mass is 32.1. The molecule has 0 atom stereocenters. The fourth-order valence-electron chi connectivity index (χ4n) is 2.37. The minimum Gasteiger partial charge on any atom is -0.308 e. The molecule has 24 heavy (non-hydrogen) atoms. The summed E-state index contributed by atoms with van der Waals surface area (Å²) >= 11 is 1.06. The third-order valence-electron chi connectivity index (χ3n) is 3.64. The van der Waals surface area contributed by atoms with E-state index in [4.69, 9.17) is 0 Å². The van der Waals surface area contributed by atoms with Crippen LogP contribution in [0.4, 0.5) is 4.39 Å². The lowest BCUT2D eigenvalue weighted by molar-refractivity contribution is 0.0966. The van der Waals surface area contributed by atoms with Crippen molar-refractivity contribution in [2.75, 3.05) is 27.2 Å². The molecule has 1 heterocycles. The molecule has 0 amide bonds. The highest BCUT2D eigenvalue weighted by Gasteiger charge is 2.33. The highest BCUT2D eigenvalue weighted by molar-refractivity contribution is 7.17. The molecule has 0 bridgehead atoms. The van der Waals surface area contributed by atoms with Gasteiger partial charge in [-0.3, -0.25) is 14.6 Å². The zero-order valence-electron chi connectivity index (χ0n) is 13.4. The summed E-state index contributed by atoms with van der Waals surface area (Å²) in [6, 6.07) is 6.18. The molecule has 0 spiro atoms. The summed E-state index contributed by atoms with van der Waals surface area (Å²) in [4.78, 5) is 35.5. The molecule has 0 saturated carbocycles. The van der Waals surface area contributed by atoms with E-state index in [9.17, 15) is 14.0 Å². The van der Waals surface area contributed by atoms with Gasteiger partial charge >= 0.3 is 0 Å². The second kappa shape index (κ2) is 6.70. The first-order chi connectivity index (χ1) is 11.5. The molecule has 124 valence electrons. The minimum absolute atomic E-state index is 0.0157. The van der Waals surface area contributed by atoms with Crippen LogP contribution in [-0.4, -0.2) is 54.3 Å². The second-order valence-electron chi connectivity index (χ2n) is 5.74. The monoisotopic (exact) mass is 345 g/mol. The molecule has 0 N–H and O–H groups in total. The summed E-state index contributed by atoms with van der Waals surface area (Å²) in [5.74, 6) is -0.946. The number of aromatic nitrogens is 1. The van der Waals surface area contributed by atoms with E-state index in [-0.39, 0.29) is 29.4 Å². The largest absolute Gasteiger partial charge is 0.308 e. The first-order valence-corrected chi connectivity index (χ1v) is 8.30. The predicted octanol–water partition coefficient (Wildman–Crippen LogP) is 2.72. The number of likely N-dealkylation sites (N-methyl/N-ethyl adjacent to an activating group) is 1. The summed E-state index contributed by atoms with van der Waals surface area (Å²) in [6.45, 7) is 1.14. The van der Waals surface area contributed by atoms with Gasteiger partial charge in [0, 0.05) is 12.1 Å². The Morgan fingerprint density at radius 2 is 2.04 bits per heavy atom. The predicted molar refractivity (Wildman–Crippen MR) is 91.6 cm³/mol. The Bertz CT molecular complexity index is 842. The van der Waals surface area contributed by atoms with Gasteiger partial charge in [0.25, 0.3) is 0 Å². The lowest BCUT2D eigenvalue weighted by atomic mass is 9.98. The molecule has 1 aliphatic rings. The summed E-state index contributed by atoms with van der Waals surface area (Å²) in [6.07, 6.45) is -0.0157. The molecular formula is C17H16FN3O2S. The molecule has 0 unspecified atom stereocenters. The highest BCUT2D eigenvalue weighted by Crippen LogP contribution is 2.33. The van der Waals surface area contributed by atoms with E-state index >= 15 is 0 Å². The van der Waals surface area contributed by atoms with Crippen LogP contribution in [0.5, 0.6) is 0 Å². The maximum atomic E-state index is 13.9. The quantitative estimate of drug-likeness (QED) is 0.855. The maximum Gasteiger partial charge on any atom is 0.227 e. The molecule has 3 rings (SSSR count). The van der Waals surface area contributed by atoms with E-state index in [0.29, 0.717) is 28.5 Å². The normalized spacial score (nSPS) is 16.1. The standard InChI is InChI=1S/C17H16FN3O2S/c1-21(2)8-7-19-12-9-13(22)16-14(15(12)23)20-17(24-16)10-5-3-4-6-11(10)18/h3-6H,7-9H2,1-2H3. The summed E-state index contributed by atoms with van der Waals surface area (Å²) in [5.41, 5.74) is 0.626.